The van der Waals surface area contributed by atoms with E-state index in [1.54, 1.807) is 0 Å². The van der Waals surface area contributed by atoms with E-state index >= 15 is 0 Å². The standard InChI is InChI=1S/C29H28N4O4/c1-29(2,3)37-22-15-13-21(14-16-22)33(18-31-25(35)17-30-19-34)27(20-9-5-4-6-10-20)26-23-11-7-8-12-24(23)32-28(26)36/h4-16H,17-18H2,1-3H3,(H,31,35)(H,32,36)/b27-26-. The molecule has 0 spiro atoms. The van der Waals surface area contributed by atoms with Crippen LogP contribution in [0.5, 0.6) is 5.75 Å². The molecule has 2 N–H and O–H groups in total. The molecule has 8 nitrogen and oxygen atoms in total. The maximum Gasteiger partial charge on any atom is 0.258 e. The van der Waals surface area contributed by atoms with Gasteiger partial charge in [-0.25, -0.2) is 4.79 Å². The zero-order chi connectivity index (χ0) is 26.4. The molecular weight excluding hydrogens is 468 g/mol. The number of fused-ring (bicyclic) bond motifs is 1. The summed E-state index contributed by atoms with van der Waals surface area (Å²) < 4.78 is 5.97. The summed E-state index contributed by atoms with van der Waals surface area (Å²) in [5.74, 6) is 0.00256. The van der Waals surface area contributed by atoms with Gasteiger partial charge in [0.25, 0.3) is 5.91 Å². The molecule has 0 bridgehead atoms. The Morgan fingerprint density at radius 2 is 1.68 bits per heavy atom. The Hall–Kier alpha value is -4.68. The van der Waals surface area contributed by atoms with Gasteiger partial charge in [0.1, 0.15) is 17.9 Å². The molecule has 1 aliphatic heterocycles. The van der Waals surface area contributed by atoms with Gasteiger partial charge < -0.3 is 20.3 Å². The van der Waals surface area contributed by atoms with Crippen molar-refractivity contribution in [3.8, 4) is 5.75 Å². The van der Waals surface area contributed by atoms with Crippen LogP contribution in [0.3, 0.4) is 0 Å². The summed E-state index contributed by atoms with van der Waals surface area (Å²) in [5, 5.41) is 5.74. The first kappa shape index (κ1) is 25.4. The number of hydrogen-bond donors (Lipinski definition) is 2. The molecule has 0 radical (unpaired) electrons. The first-order valence-electron chi connectivity index (χ1n) is 11.8. The van der Waals surface area contributed by atoms with Crippen LogP contribution in [-0.4, -0.2) is 36.7 Å². The monoisotopic (exact) mass is 496 g/mol. The van der Waals surface area contributed by atoms with Crippen LogP contribution in [0, 0.1) is 0 Å². The predicted molar refractivity (Wildman–Crippen MR) is 144 cm³/mol. The van der Waals surface area contributed by atoms with Crippen LogP contribution < -0.4 is 20.3 Å². The van der Waals surface area contributed by atoms with E-state index in [2.05, 4.69) is 15.6 Å². The summed E-state index contributed by atoms with van der Waals surface area (Å²) in [4.78, 5) is 41.4. The molecule has 37 heavy (non-hydrogen) atoms. The molecule has 2 amide bonds. The highest BCUT2D eigenvalue weighted by Crippen LogP contribution is 2.40. The number of carbonyl (C=O) groups is 2. The summed E-state index contributed by atoms with van der Waals surface area (Å²) >= 11 is 0. The van der Waals surface area contributed by atoms with Crippen molar-refractivity contribution >= 4 is 40.5 Å². The number of ether oxygens (including phenoxy) is 1. The van der Waals surface area contributed by atoms with Gasteiger partial charge in [0.15, 0.2) is 0 Å². The van der Waals surface area contributed by atoms with E-state index in [9.17, 15) is 14.4 Å². The average molecular weight is 497 g/mol. The van der Waals surface area contributed by atoms with Gasteiger partial charge in [-0.2, -0.15) is 4.99 Å². The zero-order valence-corrected chi connectivity index (χ0v) is 20.9. The molecule has 0 atom stereocenters. The number of isocyanates is 1. The van der Waals surface area contributed by atoms with Crippen LogP contribution in [0.25, 0.3) is 11.3 Å². The molecular formula is C29H28N4O4. The smallest absolute Gasteiger partial charge is 0.258 e. The largest absolute Gasteiger partial charge is 0.488 e. The van der Waals surface area contributed by atoms with Crippen molar-refractivity contribution in [2.45, 2.75) is 26.4 Å². The van der Waals surface area contributed by atoms with Gasteiger partial charge in [0.2, 0.25) is 12.0 Å². The molecule has 0 saturated heterocycles. The van der Waals surface area contributed by atoms with Crippen LogP contribution in [0.4, 0.5) is 11.4 Å². The maximum atomic E-state index is 13.3. The first-order valence-corrected chi connectivity index (χ1v) is 11.8. The number of aliphatic imine (C=N–C) groups is 1. The Kier molecular flexibility index (Phi) is 7.51. The van der Waals surface area contributed by atoms with Gasteiger partial charge in [-0.05, 0) is 56.7 Å². The number of nitrogens with one attached hydrogen (secondary N) is 2. The van der Waals surface area contributed by atoms with E-state index in [1.807, 2.05) is 105 Å². The normalized spacial score (nSPS) is 13.6. The van der Waals surface area contributed by atoms with Crippen molar-refractivity contribution < 1.29 is 19.1 Å². The predicted octanol–water partition coefficient (Wildman–Crippen LogP) is 4.60. The lowest BCUT2D eigenvalue weighted by atomic mass is 9.99. The topological polar surface area (TPSA) is 100 Å². The molecule has 0 aliphatic carbocycles. The number of para-hydroxylation sites is 1. The average Bonchev–Trinajstić information content (AvgIpc) is 3.21. The van der Waals surface area contributed by atoms with E-state index in [0.29, 0.717) is 22.7 Å². The number of anilines is 2. The quantitative estimate of drug-likeness (QED) is 0.206. The van der Waals surface area contributed by atoms with Crippen LogP contribution >= 0.6 is 0 Å². The highest BCUT2D eigenvalue weighted by Gasteiger charge is 2.31. The molecule has 188 valence electrons. The second-order valence-corrected chi connectivity index (χ2v) is 9.39. The summed E-state index contributed by atoms with van der Waals surface area (Å²) in [6.07, 6.45) is 1.38. The van der Waals surface area contributed by atoms with Crippen molar-refractivity contribution in [1.29, 1.82) is 0 Å². The van der Waals surface area contributed by atoms with Crippen molar-refractivity contribution in [3.05, 3.63) is 90.0 Å². The zero-order valence-electron chi connectivity index (χ0n) is 20.9. The molecule has 0 saturated carbocycles. The lowest BCUT2D eigenvalue weighted by Gasteiger charge is -2.30. The molecule has 4 rings (SSSR count). The third-order valence-electron chi connectivity index (χ3n) is 5.52. The molecule has 3 aromatic rings. The Labute approximate surface area is 215 Å². The molecule has 8 heteroatoms. The number of rotatable bonds is 8. The van der Waals surface area contributed by atoms with Crippen LogP contribution in [-0.2, 0) is 14.4 Å². The SMILES string of the molecule is CC(C)(C)Oc1ccc(N(CNC(=O)CN=C=O)/C(=C2\C(=O)Nc3ccccc32)c2ccccc2)cc1. The number of amides is 2. The number of nitrogens with zero attached hydrogens (tertiary/aromatic N) is 2. The fourth-order valence-corrected chi connectivity index (χ4v) is 4.06. The van der Waals surface area contributed by atoms with Gasteiger partial charge >= 0.3 is 0 Å². The van der Waals surface area contributed by atoms with E-state index in [0.717, 1.165) is 16.8 Å². The van der Waals surface area contributed by atoms with E-state index in [-0.39, 0.29) is 24.7 Å². The minimum atomic E-state index is -0.449. The summed E-state index contributed by atoms with van der Waals surface area (Å²) in [5.41, 5.74) is 3.74. The molecule has 1 heterocycles. The maximum absolute atomic E-state index is 13.3. The number of carbonyl (C=O) groups excluding carboxylic acids is 3. The van der Waals surface area contributed by atoms with Gasteiger partial charge in [-0.3, -0.25) is 9.59 Å². The Balaban J connectivity index is 1.86. The highest BCUT2D eigenvalue weighted by atomic mass is 16.5. The highest BCUT2D eigenvalue weighted by molar-refractivity contribution is 6.37. The fraction of sp³-hybridized carbons (Fsp3) is 0.207. The Morgan fingerprint density at radius 1 is 1.00 bits per heavy atom. The first-order chi connectivity index (χ1) is 17.8. The van der Waals surface area contributed by atoms with Gasteiger partial charge in [-0.1, -0.05) is 48.5 Å². The second kappa shape index (κ2) is 10.9. The minimum Gasteiger partial charge on any atom is -0.488 e. The van der Waals surface area contributed by atoms with Crippen molar-refractivity contribution in [1.82, 2.24) is 5.32 Å². The van der Waals surface area contributed by atoms with Crippen molar-refractivity contribution in [2.75, 3.05) is 23.4 Å². The second-order valence-electron chi connectivity index (χ2n) is 9.39. The summed E-state index contributed by atoms with van der Waals surface area (Å²) in [6.45, 7) is 5.60. The minimum absolute atomic E-state index is 0.0237. The lowest BCUT2D eigenvalue weighted by Crippen LogP contribution is -2.38. The molecule has 0 aromatic heterocycles. The van der Waals surface area contributed by atoms with E-state index in [1.165, 1.54) is 6.08 Å². The third-order valence-corrected chi connectivity index (χ3v) is 5.52. The van der Waals surface area contributed by atoms with E-state index in [4.69, 9.17) is 4.74 Å². The molecule has 0 unspecified atom stereocenters. The molecule has 1 aliphatic rings. The lowest BCUT2D eigenvalue weighted by molar-refractivity contribution is -0.119. The Morgan fingerprint density at radius 3 is 2.35 bits per heavy atom. The van der Waals surface area contributed by atoms with Crippen molar-refractivity contribution in [2.24, 2.45) is 4.99 Å². The number of hydrogen-bond acceptors (Lipinski definition) is 6. The van der Waals surface area contributed by atoms with E-state index < -0.39 is 5.91 Å². The van der Waals surface area contributed by atoms with Gasteiger partial charge in [0, 0.05) is 16.9 Å². The van der Waals surface area contributed by atoms with Crippen LogP contribution in [0.15, 0.2) is 83.9 Å². The summed E-state index contributed by atoms with van der Waals surface area (Å²) in [7, 11) is 0. The molecule has 0 fully saturated rings. The van der Waals surface area contributed by atoms with Crippen LogP contribution in [0.2, 0.25) is 0 Å². The fourth-order valence-electron chi connectivity index (χ4n) is 4.06. The Bertz CT molecular complexity index is 1370. The molecule has 3 aromatic carbocycles. The summed E-state index contributed by atoms with van der Waals surface area (Å²) in [6, 6.07) is 24.5. The number of benzene rings is 3. The third kappa shape index (κ3) is 6.12. The van der Waals surface area contributed by atoms with Gasteiger partial charge in [0.05, 0.1) is 17.9 Å². The van der Waals surface area contributed by atoms with Gasteiger partial charge in [-0.15, -0.1) is 0 Å². The van der Waals surface area contributed by atoms with Crippen LogP contribution in [0.1, 0.15) is 31.9 Å². The van der Waals surface area contributed by atoms with Crippen molar-refractivity contribution in [3.63, 3.8) is 0 Å².